The third-order valence-corrected chi connectivity index (χ3v) is 4.38. The van der Waals surface area contributed by atoms with Crippen LogP contribution in [0.2, 0.25) is 0 Å². The Morgan fingerprint density at radius 3 is 2.67 bits per heavy atom. The summed E-state index contributed by atoms with van der Waals surface area (Å²) in [7, 11) is 1.77. The predicted octanol–water partition coefficient (Wildman–Crippen LogP) is 2.33. The highest BCUT2D eigenvalue weighted by atomic mass is 32.2. The van der Waals surface area contributed by atoms with Crippen molar-refractivity contribution in [2.24, 2.45) is 7.05 Å². The van der Waals surface area contributed by atoms with Crippen LogP contribution in [0.1, 0.15) is 10.4 Å². The molecular weight excluding hydrogens is 228 g/mol. The van der Waals surface area contributed by atoms with Gasteiger partial charge in [-0.2, -0.15) is 0 Å². The summed E-state index contributed by atoms with van der Waals surface area (Å²) >= 11 is 3.09. The fourth-order valence-corrected chi connectivity index (χ4v) is 3.16. The van der Waals surface area contributed by atoms with Gasteiger partial charge in [0.1, 0.15) is 4.83 Å². The van der Waals surface area contributed by atoms with E-state index >= 15 is 0 Å². The lowest BCUT2D eigenvalue weighted by Gasteiger charge is -2.03. The van der Waals surface area contributed by atoms with E-state index < -0.39 is 0 Å². The minimum atomic E-state index is 0.0613. The Labute approximate surface area is 96.1 Å². The molecule has 0 unspecified atom stereocenters. The van der Waals surface area contributed by atoms with Gasteiger partial charge in [0.15, 0.2) is 5.16 Å². The summed E-state index contributed by atoms with van der Waals surface area (Å²) in [6, 6.07) is 0. The van der Waals surface area contributed by atoms with Gasteiger partial charge in [-0.25, -0.2) is 4.98 Å². The lowest BCUT2D eigenvalue weighted by molar-refractivity contribution is 0.729. The van der Waals surface area contributed by atoms with Crippen LogP contribution in [-0.2, 0) is 7.05 Å². The van der Waals surface area contributed by atoms with E-state index in [1.165, 1.54) is 16.6 Å². The monoisotopic (exact) mass is 240 g/mol. The molecule has 0 radical (unpaired) electrons. The van der Waals surface area contributed by atoms with E-state index in [4.69, 9.17) is 0 Å². The molecule has 0 saturated carbocycles. The topological polar surface area (TPSA) is 34.9 Å². The maximum absolute atomic E-state index is 12.1. The van der Waals surface area contributed by atoms with Gasteiger partial charge in [0.25, 0.3) is 5.56 Å². The van der Waals surface area contributed by atoms with Crippen LogP contribution in [0.5, 0.6) is 0 Å². The van der Waals surface area contributed by atoms with E-state index in [0.29, 0.717) is 0 Å². The first kappa shape index (κ1) is 10.7. The molecule has 0 amide bonds. The van der Waals surface area contributed by atoms with E-state index in [2.05, 4.69) is 4.98 Å². The van der Waals surface area contributed by atoms with Gasteiger partial charge in [-0.05, 0) is 25.7 Å². The van der Waals surface area contributed by atoms with Gasteiger partial charge in [-0.15, -0.1) is 11.3 Å². The smallest absolute Gasteiger partial charge is 0.262 e. The standard InChI is InChI=1S/C10H12N2OS2/c1-5-6(2)15-8-7(5)9(13)12(3)10(11-8)14-4/h1-4H3. The molecule has 0 atom stereocenters. The van der Waals surface area contributed by atoms with Crippen molar-refractivity contribution in [2.75, 3.05) is 6.26 Å². The van der Waals surface area contributed by atoms with Gasteiger partial charge < -0.3 is 0 Å². The van der Waals surface area contributed by atoms with Crippen LogP contribution in [0.15, 0.2) is 9.95 Å². The number of aromatic nitrogens is 2. The molecule has 2 aromatic rings. The molecule has 0 spiro atoms. The zero-order chi connectivity index (χ0) is 11.2. The van der Waals surface area contributed by atoms with Crippen molar-refractivity contribution in [1.29, 1.82) is 0 Å². The fraction of sp³-hybridized carbons (Fsp3) is 0.400. The largest absolute Gasteiger partial charge is 0.290 e. The van der Waals surface area contributed by atoms with Crippen molar-refractivity contribution in [3.05, 3.63) is 20.8 Å². The fourth-order valence-electron chi connectivity index (χ4n) is 1.54. The number of thiophene rings is 1. The van der Waals surface area contributed by atoms with Crippen LogP contribution in [0.25, 0.3) is 10.2 Å². The van der Waals surface area contributed by atoms with Crippen molar-refractivity contribution in [3.63, 3.8) is 0 Å². The second kappa shape index (κ2) is 3.64. The first-order valence-corrected chi connectivity index (χ1v) is 6.61. The Bertz CT molecular complexity index is 583. The summed E-state index contributed by atoms with van der Waals surface area (Å²) in [4.78, 5) is 18.6. The minimum absolute atomic E-state index is 0.0613. The predicted molar refractivity (Wildman–Crippen MR) is 66.1 cm³/mol. The van der Waals surface area contributed by atoms with Crippen LogP contribution in [0, 0.1) is 13.8 Å². The van der Waals surface area contributed by atoms with Gasteiger partial charge in [0.05, 0.1) is 5.39 Å². The van der Waals surface area contributed by atoms with Crippen LogP contribution >= 0.6 is 23.1 Å². The molecule has 0 aliphatic carbocycles. The van der Waals surface area contributed by atoms with Crippen LogP contribution in [0.4, 0.5) is 0 Å². The Balaban J connectivity index is 2.98. The zero-order valence-electron chi connectivity index (χ0n) is 9.12. The number of hydrogen-bond donors (Lipinski definition) is 0. The van der Waals surface area contributed by atoms with Crippen LogP contribution in [-0.4, -0.2) is 15.8 Å². The SMILES string of the molecule is CSc1nc2sc(C)c(C)c2c(=O)n1C. The minimum Gasteiger partial charge on any atom is -0.290 e. The molecule has 2 aromatic heterocycles. The molecule has 2 heterocycles. The number of fused-ring (bicyclic) bond motifs is 1. The number of aryl methyl sites for hydroxylation is 2. The van der Waals surface area contributed by atoms with Gasteiger partial charge in [0.2, 0.25) is 0 Å². The van der Waals surface area contributed by atoms with Crippen molar-refractivity contribution in [3.8, 4) is 0 Å². The molecule has 0 aliphatic heterocycles. The summed E-state index contributed by atoms with van der Waals surface area (Å²) in [5, 5.41) is 1.55. The molecule has 5 heteroatoms. The molecule has 0 aliphatic rings. The van der Waals surface area contributed by atoms with Gasteiger partial charge in [0, 0.05) is 11.9 Å². The van der Waals surface area contributed by atoms with Crippen molar-refractivity contribution in [1.82, 2.24) is 9.55 Å². The Kier molecular flexibility index (Phi) is 2.60. The summed E-state index contributed by atoms with van der Waals surface area (Å²) < 4.78 is 1.62. The zero-order valence-corrected chi connectivity index (χ0v) is 10.8. The van der Waals surface area contributed by atoms with Gasteiger partial charge in [-0.1, -0.05) is 11.8 Å². The lowest BCUT2D eigenvalue weighted by Crippen LogP contribution is -2.19. The molecule has 15 heavy (non-hydrogen) atoms. The quantitative estimate of drug-likeness (QED) is 0.567. The molecule has 0 N–H and O–H groups in total. The van der Waals surface area contributed by atoms with E-state index in [-0.39, 0.29) is 5.56 Å². The van der Waals surface area contributed by atoms with Crippen molar-refractivity contribution in [2.45, 2.75) is 19.0 Å². The lowest BCUT2D eigenvalue weighted by atomic mass is 10.2. The molecule has 2 rings (SSSR count). The van der Waals surface area contributed by atoms with Crippen molar-refractivity contribution >= 4 is 33.3 Å². The third-order valence-electron chi connectivity index (χ3n) is 2.55. The third kappa shape index (κ3) is 1.50. The molecule has 0 fully saturated rings. The Morgan fingerprint density at radius 1 is 1.40 bits per heavy atom. The molecule has 3 nitrogen and oxygen atoms in total. The average Bonchev–Trinajstić information content (AvgIpc) is 2.49. The molecule has 0 saturated heterocycles. The molecular formula is C10H12N2OS2. The highest BCUT2D eigenvalue weighted by Gasteiger charge is 2.13. The Morgan fingerprint density at radius 2 is 2.07 bits per heavy atom. The highest BCUT2D eigenvalue weighted by Crippen LogP contribution is 2.27. The normalized spacial score (nSPS) is 11.2. The van der Waals surface area contributed by atoms with Crippen LogP contribution < -0.4 is 5.56 Å². The van der Waals surface area contributed by atoms with Gasteiger partial charge >= 0.3 is 0 Å². The van der Waals surface area contributed by atoms with E-state index in [1.807, 2.05) is 20.1 Å². The Hall–Kier alpha value is -0.810. The molecule has 0 aromatic carbocycles. The van der Waals surface area contributed by atoms with Crippen molar-refractivity contribution < 1.29 is 0 Å². The summed E-state index contributed by atoms with van der Waals surface area (Å²) in [6.07, 6.45) is 1.93. The van der Waals surface area contributed by atoms with E-state index in [0.717, 1.165) is 20.9 Å². The number of thioether (sulfide) groups is 1. The number of nitrogens with zero attached hydrogens (tertiary/aromatic N) is 2. The first-order chi connectivity index (χ1) is 7.06. The van der Waals surface area contributed by atoms with Crippen LogP contribution in [0.3, 0.4) is 0 Å². The maximum atomic E-state index is 12.1. The number of rotatable bonds is 1. The first-order valence-electron chi connectivity index (χ1n) is 4.57. The maximum Gasteiger partial charge on any atom is 0.262 e. The molecule has 0 bridgehead atoms. The summed E-state index contributed by atoms with van der Waals surface area (Å²) in [5.41, 5.74) is 1.13. The summed E-state index contributed by atoms with van der Waals surface area (Å²) in [6.45, 7) is 4.01. The van der Waals surface area contributed by atoms with E-state index in [1.54, 1.807) is 23.0 Å². The average molecular weight is 240 g/mol. The highest BCUT2D eigenvalue weighted by molar-refractivity contribution is 7.98. The molecule has 80 valence electrons. The summed E-state index contributed by atoms with van der Waals surface area (Å²) in [5.74, 6) is 0. The van der Waals surface area contributed by atoms with Gasteiger partial charge in [-0.3, -0.25) is 9.36 Å². The second-order valence-corrected chi connectivity index (χ2v) is 5.40. The number of hydrogen-bond acceptors (Lipinski definition) is 4. The second-order valence-electron chi connectivity index (χ2n) is 3.43. The van der Waals surface area contributed by atoms with E-state index in [9.17, 15) is 4.79 Å².